The van der Waals surface area contributed by atoms with Gasteiger partial charge in [-0.3, -0.25) is 0 Å². The Balaban J connectivity index is 1.13. The summed E-state index contributed by atoms with van der Waals surface area (Å²) in [5, 5.41) is 4.79. The van der Waals surface area contributed by atoms with Crippen molar-refractivity contribution in [2.24, 2.45) is 5.92 Å². The van der Waals surface area contributed by atoms with Crippen LogP contribution in [0.2, 0.25) is 0 Å². The normalized spacial score (nSPS) is 15.8. The van der Waals surface area contributed by atoms with Crippen molar-refractivity contribution in [2.45, 2.75) is 6.42 Å². The van der Waals surface area contributed by atoms with Gasteiger partial charge in [0, 0.05) is 22.7 Å². The van der Waals surface area contributed by atoms with Crippen LogP contribution >= 0.6 is 0 Å². The maximum atomic E-state index is 6.29. The quantitative estimate of drug-likeness (QED) is 0.199. The predicted molar refractivity (Wildman–Crippen MR) is 194 cm³/mol. The molecule has 1 unspecified atom stereocenters. The van der Waals surface area contributed by atoms with E-state index in [0.717, 1.165) is 45.4 Å². The van der Waals surface area contributed by atoms with Crippen LogP contribution in [0, 0.1) is 5.92 Å². The van der Waals surface area contributed by atoms with E-state index < -0.39 is 0 Å². The molecule has 0 bridgehead atoms. The van der Waals surface area contributed by atoms with E-state index in [1.165, 1.54) is 38.6 Å². The van der Waals surface area contributed by atoms with E-state index in [-0.39, 0.29) is 0 Å². The Kier molecular flexibility index (Phi) is 6.31. The average molecular weight is 590 g/mol. The summed E-state index contributed by atoms with van der Waals surface area (Å²) in [5.74, 6) is 0.406. The highest BCUT2D eigenvalue weighted by Gasteiger charge is 2.22. The lowest BCUT2D eigenvalue weighted by Crippen LogP contribution is -2.11. The lowest BCUT2D eigenvalue weighted by atomic mass is 9.81. The van der Waals surface area contributed by atoms with Gasteiger partial charge in [0.25, 0.3) is 0 Å². The standard InChI is InChI=1S/C44H31NO/c1-2-13-38(14-3-1)45(41-17-9-19-43-44(41)40-16-6-7-18-42(40)46-43)39-15-8-12-33(29-39)35-24-21-31-22-25-36(28-37(31)27-35)34-23-20-30-10-4-5-11-32(30)26-34/h1-21,23-29,31H,22H2. The van der Waals surface area contributed by atoms with Crippen molar-refractivity contribution in [2.75, 3.05) is 4.90 Å². The van der Waals surface area contributed by atoms with Crippen LogP contribution in [0.5, 0.6) is 0 Å². The Morgan fingerprint density at radius 2 is 1.33 bits per heavy atom. The van der Waals surface area contributed by atoms with Crippen molar-refractivity contribution in [1.29, 1.82) is 0 Å². The van der Waals surface area contributed by atoms with E-state index in [1.807, 2.05) is 12.1 Å². The molecule has 0 aliphatic heterocycles. The molecule has 46 heavy (non-hydrogen) atoms. The van der Waals surface area contributed by atoms with Gasteiger partial charge in [0.05, 0.1) is 11.1 Å². The highest BCUT2D eigenvalue weighted by Crippen LogP contribution is 2.44. The third kappa shape index (κ3) is 4.58. The van der Waals surface area contributed by atoms with Crippen LogP contribution in [0.4, 0.5) is 17.1 Å². The second kappa shape index (κ2) is 10.9. The zero-order valence-corrected chi connectivity index (χ0v) is 25.3. The third-order valence-electron chi connectivity index (χ3n) is 9.33. The summed E-state index contributed by atoms with van der Waals surface area (Å²) in [7, 11) is 0. The smallest absolute Gasteiger partial charge is 0.137 e. The van der Waals surface area contributed by atoms with Crippen LogP contribution in [-0.4, -0.2) is 0 Å². The van der Waals surface area contributed by atoms with Gasteiger partial charge in [0.2, 0.25) is 0 Å². The Morgan fingerprint density at radius 1 is 0.565 bits per heavy atom. The van der Waals surface area contributed by atoms with Gasteiger partial charge in [-0.25, -0.2) is 0 Å². The summed E-state index contributed by atoms with van der Waals surface area (Å²) in [6.07, 6.45) is 12.8. The van der Waals surface area contributed by atoms with Gasteiger partial charge in [-0.05, 0) is 93.6 Å². The summed E-state index contributed by atoms with van der Waals surface area (Å²) in [6.45, 7) is 0. The molecule has 1 aromatic heterocycles. The summed E-state index contributed by atoms with van der Waals surface area (Å²) in [5.41, 5.74) is 11.4. The molecule has 2 heteroatoms. The van der Waals surface area contributed by atoms with Gasteiger partial charge in [-0.15, -0.1) is 0 Å². The first-order chi connectivity index (χ1) is 22.8. The first kappa shape index (κ1) is 26.5. The molecule has 0 saturated heterocycles. The summed E-state index contributed by atoms with van der Waals surface area (Å²) >= 11 is 0. The van der Waals surface area contributed by atoms with Gasteiger partial charge in [-0.2, -0.15) is 0 Å². The minimum atomic E-state index is 0.406. The predicted octanol–water partition coefficient (Wildman–Crippen LogP) is 12.2. The molecule has 0 radical (unpaired) electrons. The number of benzene rings is 6. The largest absolute Gasteiger partial charge is 0.456 e. The van der Waals surface area contributed by atoms with Crippen molar-refractivity contribution in [3.63, 3.8) is 0 Å². The number of anilines is 3. The molecular formula is C44H31NO. The molecule has 0 spiro atoms. The van der Waals surface area contributed by atoms with Crippen LogP contribution in [0.15, 0.2) is 180 Å². The minimum absolute atomic E-state index is 0.406. The maximum absolute atomic E-state index is 6.29. The number of allylic oxidation sites excluding steroid dienone is 8. The number of para-hydroxylation sites is 2. The molecule has 2 aliphatic carbocycles. The summed E-state index contributed by atoms with van der Waals surface area (Å²) in [4.78, 5) is 2.35. The van der Waals surface area contributed by atoms with Crippen LogP contribution in [0.25, 0.3) is 43.9 Å². The average Bonchev–Trinajstić information content (AvgIpc) is 3.51. The molecule has 9 rings (SSSR count). The second-order valence-electron chi connectivity index (χ2n) is 12.1. The lowest BCUT2D eigenvalue weighted by molar-refractivity contribution is 0.669. The molecule has 1 atom stereocenters. The SMILES string of the molecule is C1=CC2CC=C(c3ccc4ccccc4c3)C=C2C=C1c1cccc(N(c2ccccc2)c2cccc3oc4ccccc4c23)c1. The molecule has 0 N–H and O–H groups in total. The zero-order valence-electron chi connectivity index (χ0n) is 25.3. The first-order valence-electron chi connectivity index (χ1n) is 16.0. The van der Waals surface area contributed by atoms with Crippen molar-refractivity contribution in [3.8, 4) is 0 Å². The Hall–Kier alpha value is -5.86. The number of furan rings is 1. The molecule has 7 aromatic rings. The topological polar surface area (TPSA) is 16.4 Å². The number of fused-ring (bicyclic) bond motifs is 5. The Labute approximate surface area is 268 Å². The van der Waals surface area contributed by atoms with Gasteiger partial charge < -0.3 is 9.32 Å². The molecule has 2 nitrogen and oxygen atoms in total. The van der Waals surface area contributed by atoms with E-state index in [0.29, 0.717) is 5.92 Å². The molecule has 0 fully saturated rings. The maximum Gasteiger partial charge on any atom is 0.137 e. The highest BCUT2D eigenvalue weighted by molar-refractivity contribution is 6.13. The fourth-order valence-electron chi connectivity index (χ4n) is 7.04. The van der Waals surface area contributed by atoms with E-state index in [2.05, 4.69) is 163 Å². The van der Waals surface area contributed by atoms with Gasteiger partial charge in [0.15, 0.2) is 0 Å². The summed E-state index contributed by atoms with van der Waals surface area (Å²) < 4.78 is 6.29. The van der Waals surface area contributed by atoms with E-state index in [4.69, 9.17) is 4.42 Å². The fraction of sp³-hybridized carbons (Fsp3) is 0.0455. The van der Waals surface area contributed by atoms with Gasteiger partial charge >= 0.3 is 0 Å². The zero-order chi connectivity index (χ0) is 30.5. The molecule has 0 amide bonds. The molecular weight excluding hydrogens is 558 g/mol. The fourth-order valence-corrected chi connectivity index (χ4v) is 7.04. The van der Waals surface area contributed by atoms with Crippen LogP contribution in [0.3, 0.4) is 0 Å². The lowest BCUT2D eigenvalue weighted by Gasteiger charge is -2.27. The monoisotopic (exact) mass is 589 g/mol. The van der Waals surface area contributed by atoms with Crippen molar-refractivity contribution < 1.29 is 4.42 Å². The van der Waals surface area contributed by atoms with Crippen molar-refractivity contribution in [3.05, 3.63) is 187 Å². The van der Waals surface area contributed by atoms with E-state index in [9.17, 15) is 0 Å². The third-order valence-corrected chi connectivity index (χ3v) is 9.33. The van der Waals surface area contributed by atoms with Crippen molar-refractivity contribution in [1.82, 2.24) is 0 Å². The van der Waals surface area contributed by atoms with Crippen molar-refractivity contribution >= 4 is 60.9 Å². The number of hydrogen-bond acceptors (Lipinski definition) is 2. The number of rotatable bonds is 5. The minimum Gasteiger partial charge on any atom is -0.456 e. The van der Waals surface area contributed by atoms with Crippen LogP contribution in [-0.2, 0) is 0 Å². The molecule has 0 saturated carbocycles. The Morgan fingerprint density at radius 3 is 2.26 bits per heavy atom. The molecule has 6 aromatic carbocycles. The first-order valence-corrected chi connectivity index (χ1v) is 16.0. The van der Waals surface area contributed by atoms with Crippen LogP contribution in [0.1, 0.15) is 17.5 Å². The molecule has 1 heterocycles. The second-order valence-corrected chi connectivity index (χ2v) is 12.1. The van der Waals surface area contributed by atoms with Crippen LogP contribution < -0.4 is 4.90 Å². The number of nitrogens with zero attached hydrogens (tertiary/aromatic N) is 1. The Bertz CT molecular complexity index is 2400. The molecule has 2 aliphatic rings. The van der Waals surface area contributed by atoms with Gasteiger partial charge in [-0.1, -0.05) is 121 Å². The summed E-state index contributed by atoms with van der Waals surface area (Å²) in [6, 6.07) is 49.5. The van der Waals surface area contributed by atoms with E-state index >= 15 is 0 Å². The highest BCUT2D eigenvalue weighted by atomic mass is 16.3. The molecule has 218 valence electrons. The van der Waals surface area contributed by atoms with Gasteiger partial charge in [0.1, 0.15) is 11.2 Å². The number of hydrogen-bond donors (Lipinski definition) is 0. The van der Waals surface area contributed by atoms with E-state index in [1.54, 1.807) is 0 Å².